The van der Waals surface area contributed by atoms with Crippen LogP contribution in [0.15, 0.2) is 36.6 Å². The largest absolute Gasteiger partial charge is 0.525 e. The Kier molecular flexibility index (Phi) is 7.31. The molecule has 1 aromatic carbocycles. The van der Waals surface area contributed by atoms with Gasteiger partial charge in [-0.2, -0.15) is 0 Å². The second kappa shape index (κ2) is 9.12. The van der Waals surface area contributed by atoms with E-state index in [1.165, 1.54) is 7.11 Å². The van der Waals surface area contributed by atoms with E-state index in [0.29, 0.717) is 42.3 Å². The Bertz CT molecular complexity index is 714. The highest BCUT2D eigenvalue weighted by molar-refractivity contribution is 6.55. The molecule has 0 bridgehead atoms. The van der Waals surface area contributed by atoms with Crippen LogP contribution >= 0.6 is 0 Å². The zero-order valence-electron chi connectivity index (χ0n) is 17.6. The van der Waals surface area contributed by atoms with E-state index in [1.54, 1.807) is 31.4 Å². The van der Waals surface area contributed by atoms with Crippen molar-refractivity contribution in [3.8, 4) is 11.5 Å². The zero-order chi connectivity index (χ0) is 20.9. The lowest BCUT2D eigenvalue weighted by molar-refractivity contribution is 0.00578. The van der Waals surface area contributed by atoms with Crippen molar-refractivity contribution in [2.75, 3.05) is 27.4 Å². The molecule has 1 aliphatic rings. The van der Waals surface area contributed by atoms with Gasteiger partial charge in [0, 0.05) is 11.6 Å². The minimum absolute atomic E-state index is 0.323. The van der Waals surface area contributed by atoms with Gasteiger partial charge < -0.3 is 23.5 Å². The molecular formula is C21H30BFO5. The van der Waals surface area contributed by atoms with Gasteiger partial charge in [0.2, 0.25) is 0 Å². The summed E-state index contributed by atoms with van der Waals surface area (Å²) in [5.41, 5.74) is -0.725. The highest BCUT2D eigenvalue weighted by Gasteiger charge is 2.53. The molecule has 0 unspecified atom stereocenters. The van der Waals surface area contributed by atoms with Crippen molar-refractivity contribution in [2.45, 2.75) is 45.3 Å². The van der Waals surface area contributed by atoms with E-state index in [4.69, 9.17) is 23.5 Å². The SMILES string of the molecule is C=CCOCCC(=C(F)B1OC(C)(C)C(C)(C)O1)c1ccc(OC)cc1OC. The van der Waals surface area contributed by atoms with Crippen LogP contribution in [0.5, 0.6) is 11.5 Å². The highest BCUT2D eigenvalue weighted by atomic mass is 19.1. The van der Waals surface area contributed by atoms with Gasteiger partial charge in [0.05, 0.1) is 38.6 Å². The van der Waals surface area contributed by atoms with Crippen LogP contribution in [0, 0.1) is 0 Å². The van der Waals surface area contributed by atoms with E-state index in [2.05, 4.69) is 6.58 Å². The Morgan fingerprint density at radius 2 is 1.79 bits per heavy atom. The molecule has 154 valence electrons. The van der Waals surface area contributed by atoms with E-state index in [0.717, 1.165) is 0 Å². The standard InChI is InChI=1S/C21H30BFO5/c1-8-12-26-13-11-17(16-10-9-15(24-6)14-18(16)25-7)19(23)22-27-20(2,3)21(4,5)28-22/h8-10,14H,1,11-13H2,2-7H3. The smallest absolute Gasteiger partial charge is 0.497 e. The van der Waals surface area contributed by atoms with Gasteiger partial charge in [-0.25, -0.2) is 4.39 Å². The molecule has 0 radical (unpaired) electrons. The van der Waals surface area contributed by atoms with Crippen LogP contribution in [-0.4, -0.2) is 45.8 Å². The third kappa shape index (κ3) is 4.77. The van der Waals surface area contributed by atoms with E-state index in [1.807, 2.05) is 27.7 Å². The second-order valence-corrected chi connectivity index (χ2v) is 7.59. The summed E-state index contributed by atoms with van der Waals surface area (Å²) in [7, 11) is 2.02. The Balaban J connectivity index is 2.44. The lowest BCUT2D eigenvalue weighted by Gasteiger charge is -2.32. The maximum atomic E-state index is 15.6. The average Bonchev–Trinajstić information content (AvgIpc) is 2.88. The molecule has 0 amide bonds. The van der Waals surface area contributed by atoms with Gasteiger partial charge in [-0.1, -0.05) is 6.08 Å². The lowest BCUT2D eigenvalue weighted by atomic mass is 9.81. The molecule has 0 aliphatic carbocycles. The first kappa shape index (κ1) is 22.5. The molecule has 28 heavy (non-hydrogen) atoms. The van der Waals surface area contributed by atoms with Crippen LogP contribution in [-0.2, 0) is 14.0 Å². The number of hydrogen-bond donors (Lipinski definition) is 0. The van der Waals surface area contributed by atoms with Crippen LogP contribution in [0.25, 0.3) is 5.57 Å². The quantitative estimate of drug-likeness (QED) is 0.349. The molecule has 1 fully saturated rings. The molecule has 0 saturated carbocycles. The molecule has 0 N–H and O–H groups in total. The topological polar surface area (TPSA) is 46.2 Å². The van der Waals surface area contributed by atoms with Crippen LogP contribution in [0.2, 0.25) is 0 Å². The summed E-state index contributed by atoms with van der Waals surface area (Å²) in [6.07, 6.45) is 1.98. The average molecular weight is 392 g/mol. The summed E-state index contributed by atoms with van der Waals surface area (Å²) in [5.74, 6) is 1.13. The summed E-state index contributed by atoms with van der Waals surface area (Å²) in [4.78, 5) is 0. The molecule has 5 nitrogen and oxygen atoms in total. The maximum absolute atomic E-state index is 15.6. The van der Waals surface area contributed by atoms with E-state index >= 15 is 4.39 Å². The van der Waals surface area contributed by atoms with Gasteiger partial charge in [0.15, 0.2) is 0 Å². The first-order valence-electron chi connectivity index (χ1n) is 9.32. The van der Waals surface area contributed by atoms with Crippen molar-refractivity contribution >= 4 is 12.7 Å². The predicted molar refractivity (Wildman–Crippen MR) is 109 cm³/mol. The number of hydrogen-bond acceptors (Lipinski definition) is 5. The lowest BCUT2D eigenvalue weighted by Crippen LogP contribution is -2.41. The number of rotatable bonds is 9. The van der Waals surface area contributed by atoms with Crippen LogP contribution in [0.4, 0.5) is 4.39 Å². The molecule has 1 aromatic rings. The van der Waals surface area contributed by atoms with Gasteiger partial charge in [-0.05, 0) is 51.8 Å². The molecule has 7 heteroatoms. The fraction of sp³-hybridized carbons (Fsp3) is 0.524. The highest BCUT2D eigenvalue weighted by Crippen LogP contribution is 2.42. The minimum atomic E-state index is -1.09. The van der Waals surface area contributed by atoms with E-state index in [9.17, 15) is 0 Å². The van der Waals surface area contributed by atoms with Crippen LogP contribution < -0.4 is 9.47 Å². The molecule has 0 atom stereocenters. The fourth-order valence-electron chi connectivity index (χ4n) is 2.86. The molecule has 1 aliphatic heterocycles. The summed E-state index contributed by atoms with van der Waals surface area (Å²) in [5, 5.41) is 0. The monoisotopic (exact) mass is 392 g/mol. The maximum Gasteiger partial charge on any atom is 0.525 e. The van der Waals surface area contributed by atoms with E-state index < -0.39 is 24.0 Å². The van der Waals surface area contributed by atoms with E-state index in [-0.39, 0.29) is 0 Å². The van der Waals surface area contributed by atoms with Crippen molar-refractivity contribution in [1.82, 2.24) is 0 Å². The normalized spacial score (nSPS) is 18.6. The Morgan fingerprint density at radius 3 is 2.32 bits per heavy atom. The first-order chi connectivity index (χ1) is 13.2. The van der Waals surface area contributed by atoms with Crippen molar-refractivity contribution in [3.63, 3.8) is 0 Å². The van der Waals surface area contributed by atoms with Gasteiger partial charge in [-0.3, -0.25) is 0 Å². The Morgan fingerprint density at radius 1 is 1.14 bits per heavy atom. The van der Waals surface area contributed by atoms with Crippen molar-refractivity contribution < 1.29 is 27.9 Å². The van der Waals surface area contributed by atoms with Gasteiger partial charge in [0.1, 0.15) is 17.2 Å². The van der Waals surface area contributed by atoms with Gasteiger partial charge in [-0.15, -0.1) is 6.58 Å². The fourth-order valence-corrected chi connectivity index (χ4v) is 2.86. The van der Waals surface area contributed by atoms with Crippen molar-refractivity contribution in [1.29, 1.82) is 0 Å². The minimum Gasteiger partial charge on any atom is -0.497 e. The number of ether oxygens (including phenoxy) is 3. The number of benzene rings is 1. The van der Waals surface area contributed by atoms with Crippen molar-refractivity contribution in [3.05, 3.63) is 42.1 Å². The van der Waals surface area contributed by atoms with Gasteiger partial charge >= 0.3 is 7.12 Å². The van der Waals surface area contributed by atoms with Gasteiger partial charge in [0.25, 0.3) is 0 Å². The van der Waals surface area contributed by atoms with Crippen molar-refractivity contribution in [2.24, 2.45) is 0 Å². The second-order valence-electron chi connectivity index (χ2n) is 7.59. The molecular weight excluding hydrogens is 362 g/mol. The zero-order valence-corrected chi connectivity index (χ0v) is 17.6. The first-order valence-corrected chi connectivity index (χ1v) is 9.32. The van der Waals surface area contributed by atoms with Crippen LogP contribution in [0.1, 0.15) is 39.7 Å². The molecule has 0 spiro atoms. The third-order valence-corrected chi connectivity index (χ3v) is 5.21. The Labute approximate surface area is 167 Å². The van der Waals surface area contributed by atoms with Crippen LogP contribution in [0.3, 0.4) is 0 Å². The summed E-state index contributed by atoms with van der Waals surface area (Å²) in [6.45, 7) is 11.9. The molecule has 1 saturated heterocycles. The molecule has 2 rings (SSSR count). The summed E-state index contributed by atoms with van der Waals surface area (Å²) < 4.78 is 43.6. The number of halogens is 1. The third-order valence-electron chi connectivity index (χ3n) is 5.21. The Hall–Kier alpha value is -1.83. The molecule has 0 aromatic heterocycles. The number of methoxy groups -OCH3 is 2. The summed E-state index contributed by atoms with van der Waals surface area (Å²) >= 11 is 0. The molecule has 1 heterocycles. The summed E-state index contributed by atoms with van der Waals surface area (Å²) in [6, 6.07) is 5.25. The predicted octanol–water partition coefficient (Wildman–Crippen LogP) is 4.61.